The van der Waals surface area contributed by atoms with Gasteiger partial charge >= 0.3 is 5.97 Å². The summed E-state index contributed by atoms with van der Waals surface area (Å²) < 4.78 is 18.8. The number of hydrogen-bond donors (Lipinski definition) is 1. The van der Waals surface area contributed by atoms with Gasteiger partial charge in [-0.15, -0.1) is 0 Å². The Morgan fingerprint density at radius 3 is 2.81 bits per heavy atom. The monoisotopic (exact) mass is 437 g/mol. The lowest BCUT2D eigenvalue weighted by Gasteiger charge is -2.53. The van der Waals surface area contributed by atoms with Crippen molar-refractivity contribution in [1.82, 2.24) is 4.90 Å². The van der Waals surface area contributed by atoms with Crippen molar-refractivity contribution in [3.63, 3.8) is 0 Å². The zero-order valence-corrected chi connectivity index (χ0v) is 18.9. The fourth-order valence-corrected chi connectivity index (χ4v) is 5.78. The van der Waals surface area contributed by atoms with Gasteiger partial charge < -0.3 is 19.3 Å². The van der Waals surface area contributed by atoms with Crippen molar-refractivity contribution in [2.45, 2.75) is 51.0 Å². The van der Waals surface area contributed by atoms with E-state index in [9.17, 15) is 9.90 Å². The van der Waals surface area contributed by atoms with Gasteiger partial charge in [-0.2, -0.15) is 0 Å². The average Bonchev–Trinajstić information content (AvgIpc) is 2.78. The number of para-hydroxylation sites is 1. The second-order valence-electron chi connectivity index (χ2n) is 9.77. The molecule has 5 rings (SSSR count). The Hall–Kier alpha value is -2.57. The molecule has 2 aromatic carbocycles. The Labute approximate surface area is 189 Å². The SMILES string of the molecule is COc1cccc2c1OC(C)(C)[C@H]1C[C@@H]3CN(Cc4ccccc4C(=O)O)CC[C@@H]3O[C@H]21. The molecule has 0 saturated carbocycles. The minimum atomic E-state index is -0.866. The highest BCUT2D eigenvalue weighted by atomic mass is 16.5. The number of methoxy groups -OCH3 is 1. The number of likely N-dealkylation sites (tertiary alicyclic amines) is 1. The summed E-state index contributed by atoms with van der Waals surface area (Å²) in [5.74, 6) is 1.34. The second kappa shape index (κ2) is 8.09. The first kappa shape index (κ1) is 21.3. The van der Waals surface area contributed by atoms with Crippen LogP contribution in [0.5, 0.6) is 11.5 Å². The van der Waals surface area contributed by atoms with Crippen molar-refractivity contribution >= 4 is 5.97 Å². The molecular weight excluding hydrogens is 406 g/mol. The van der Waals surface area contributed by atoms with E-state index in [1.807, 2.05) is 24.3 Å². The van der Waals surface area contributed by atoms with E-state index in [2.05, 4.69) is 24.8 Å². The maximum atomic E-state index is 11.6. The highest BCUT2D eigenvalue weighted by Gasteiger charge is 2.51. The van der Waals surface area contributed by atoms with Crippen molar-refractivity contribution < 1.29 is 24.1 Å². The predicted octanol–water partition coefficient (Wildman–Crippen LogP) is 4.53. The lowest BCUT2D eigenvalue weighted by Crippen LogP contribution is -2.55. The van der Waals surface area contributed by atoms with Gasteiger partial charge in [-0.3, -0.25) is 4.90 Å². The number of aromatic carboxylic acids is 1. The van der Waals surface area contributed by atoms with E-state index in [4.69, 9.17) is 14.2 Å². The van der Waals surface area contributed by atoms with E-state index in [0.717, 1.165) is 48.6 Å². The third-order valence-corrected chi connectivity index (χ3v) is 7.43. The van der Waals surface area contributed by atoms with Crippen molar-refractivity contribution in [1.29, 1.82) is 0 Å². The van der Waals surface area contributed by atoms with Crippen LogP contribution >= 0.6 is 0 Å². The minimum absolute atomic E-state index is 0.00406. The number of piperidine rings is 1. The number of carbonyl (C=O) groups is 1. The normalized spacial score (nSPS) is 28.6. The highest BCUT2D eigenvalue weighted by molar-refractivity contribution is 5.89. The Kier molecular flexibility index (Phi) is 5.38. The summed E-state index contributed by atoms with van der Waals surface area (Å²) in [4.78, 5) is 14.0. The summed E-state index contributed by atoms with van der Waals surface area (Å²) >= 11 is 0. The molecule has 0 spiro atoms. The molecule has 4 atom stereocenters. The summed E-state index contributed by atoms with van der Waals surface area (Å²) in [6.45, 7) is 6.75. The van der Waals surface area contributed by atoms with Crippen LogP contribution in [0.25, 0.3) is 0 Å². The molecule has 0 unspecified atom stereocenters. The van der Waals surface area contributed by atoms with Crippen LogP contribution in [0.4, 0.5) is 0 Å². The fourth-order valence-electron chi connectivity index (χ4n) is 5.78. The summed E-state index contributed by atoms with van der Waals surface area (Å²) in [6, 6.07) is 13.4. The van der Waals surface area contributed by atoms with Crippen LogP contribution < -0.4 is 9.47 Å². The quantitative estimate of drug-likeness (QED) is 0.758. The smallest absolute Gasteiger partial charge is 0.336 e. The largest absolute Gasteiger partial charge is 0.493 e. The van der Waals surface area contributed by atoms with Gasteiger partial charge in [-0.1, -0.05) is 30.3 Å². The van der Waals surface area contributed by atoms with Crippen molar-refractivity contribution in [3.05, 3.63) is 59.2 Å². The summed E-state index contributed by atoms with van der Waals surface area (Å²) in [5, 5.41) is 9.53. The molecule has 0 radical (unpaired) electrons. The molecule has 32 heavy (non-hydrogen) atoms. The molecule has 2 saturated heterocycles. The van der Waals surface area contributed by atoms with Crippen molar-refractivity contribution in [2.75, 3.05) is 20.2 Å². The lowest BCUT2D eigenvalue weighted by atomic mass is 9.70. The zero-order chi connectivity index (χ0) is 22.5. The maximum Gasteiger partial charge on any atom is 0.336 e. The molecule has 0 bridgehead atoms. The number of rotatable bonds is 4. The Morgan fingerprint density at radius 1 is 1.22 bits per heavy atom. The standard InChI is InChI=1S/C26H31NO5/c1-26(2)20-13-17-15-27(14-16-7-4-5-8-18(16)25(28)29)12-11-21(17)31-23(20)19-9-6-10-22(30-3)24(19)32-26/h4-10,17,20-21,23H,11-15H2,1-3H3,(H,28,29)/t17-,20+,21+,23-/m1/s1. The van der Waals surface area contributed by atoms with Crippen LogP contribution in [0.3, 0.4) is 0 Å². The van der Waals surface area contributed by atoms with Gasteiger partial charge in [-0.25, -0.2) is 4.79 Å². The zero-order valence-electron chi connectivity index (χ0n) is 18.9. The molecule has 0 amide bonds. The molecule has 3 heterocycles. The maximum absolute atomic E-state index is 11.6. The average molecular weight is 438 g/mol. The molecule has 3 aliphatic rings. The van der Waals surface area contributed by atoms with E-state index < -0.39 is 5.97 Å². The number of fused-ring (bicyclic) bond motifs is 4. The van der Waals surface area contributed by atoms with Gasteiger partial charge in [0.1, 0.15) is 5.60 Å². The first-order valence-corrected chi connectivity index (χ1v) is 11.4. The molecule has 6 heteroatoms. The number of benzene rings is 2. The number of ether oxygens (including phenoxy) is 3. The summed E-state index contributed by atoms with van der Waals surface area (Å²) in [5.41, 5.74) is 1.98. The van der Waals surface area contributed by atoms with E-state index in [-0.39, 0.29) is 23.7 Å². The van der Waals surface area contributed by atoms with E-state index in [1.165, 1.54) is 0 Å². The van der Waals surface area contributed by atoms with Gasteiger partial charge in [0.05, 0.1) is 24.9 Å². The lowest BCUT2D eigenvalue weighted by molar-refractivity contribution is -0.188. The van der Waals surface area contributed by atoms with E-state index in [1.54, 1.807) is 19.2 Å². The Morgan fingerprint density at radius 2 is 2.03 bits per heavy atom. The molecular formula is C26H31NO5. The number of carboxylic acid groups (broad SMARTS) is 1. The number of nitrogens with zero attached hydrogens (tertiary/aromatic N) is 1. The van der Waals surface area contributed by atoms with Crippen LogP contribution in [0.1, 0.15) is 54.3 Å². The van der Waals surface area contributed by atoms with Crippen LogP contribution in [0.15, 0.2) is 42.5 Å². The molecule has 2 fully saturated rings. The Balaban J connectivity index is 1.36. The van der Waals surface area contributed by atoms with Gasteiger partial charge in [-0.05, 0) is 50.3 Å². The van der Waals surface area contributed by atoms with Gasteiger partial charge in [0.2, 0.25) is 0 Å². The first-order valence-electron chi connectivity index (χ1n) is 11.4. The molecule has 1 N–H and O–H groups in total. The van der Waals surface area contributed by atoms with Crippen LogP contribution in [0.2, 0.25) is 0 Å². The predicted molar refractivity (Wildman–Crippen MR) is 120 cm³/mol. The Bertz CT molecular complexity index is 1020. The van der Waals surface area contributed by atoms with Crippen LogP contribution in [0, 0.1) is 11.8 Å². The number of carboxylic acids is 1. The summed E-state index contributed by atoms with van der Waals surface area (Å²) in [6.07, 6.45) is 2.18. The molecule has 170 valence electrons. The third kappa shape index (κ3) is 3.65. The number of hydrogen-bond acceptors (Lipinski definition) is 5. The molecule has 6 nitrogen and oxygen atoms in total. The van der Waals surface area contributed by atoms with Crippen molar-refractivity contribution in [2.24, 2.45) is 11.8 Å². The third-order valence-electron chi connectivity index (χ3n) is 7.43. The minimum Gasteiger partial charge on any atom is -0.493 e. The fraction of sp³-hybridized carbons (Fsp3) is 0.500. The van der Waals surface area contributed by atoms with Gasteiger partial charge in [0.15, 0.2) is 11.5 Å². The van der Waals surface area contributed by atoms with Crippen LogP contribution in [-0.4, -0.2) is 47.9 Å². The van der Waals surface area contributed by atoms with E-state index in [0.29, 0.717) is 18.0 Å². The first-order chi connectivity index (χ1) is 15.4. The molecule has 0 aromatic heterocycles. The second-order valence-corrected chi connectivity index (χ2v) is 9.77. The van der Waals surface area contributed by atoms with Gasteiger partial charge in [0, 0.05) is 31.1 Å². The van der Waals surface area contributed by atoms with Crippen molar-refractivity contribution in [3.8, 4) is 11.5 Å². The molecule has 3 aliphatic heterocycles. The van der Waals surface area contributed by atoms with Crippen LogP contribution in [-0.2, 0) is 11.3 Å². The summed E-state index contributed by atoms with van der Waals surface area (Å²) in [7, 11) is 1.67. The van der Waals surface area contributed by atoms with E-state index >= 15 is 0 Å². The topological polar surface area (TPSA) is 68.2 Å². The highest BCUT2D eigenvalue weighted by Crippen LogP contribution is 2.55. The molecule has 2 aromatic rings. The molecule has 0 aliphatic carbocycles. The van der Waals surface area contributed by atoms with Gasteiger partial charge in [0.25, 0.3) is 0 Å².